The maximum Gasteiger partial charge on any atom is 0.231 e. The number of hydrogen-bond acceptors (Lipinski definition) is 3. The Bertz CT molecular complexity index is 486. The average molecular weight is 232 g/mol. The number of benzene rings is 1. The molecule has 0 bridgehead atoms. The summed E-state index contributed by atoms with van der Waals surface area (Å²) in [6.45, 7) is 5.97. The Morgan fingerprint density at radius 1 is 1.24 bits per heavy atom. The van der Waals surface area contributed by atoms with Crippen LogP contribution in [-0.4, -0.2) is 12.6 Å². The van der Waals surface area contributed by atoms with E-state index < -0.39 is 0 Å². The fourth-order valence-corrected chi connectivity index (χ4v) is 1.82. The molecular formula is C14H16O3. The summed E-state index contributed by atoms with van der Waals surface area (Å²) in [4.78, 5) is 11.6. The minimum Gasteiger partial charge on any atom is -0.454 e. The van der Waals surface area contributed by atoms with Gasteiger partial charge >= 0.3 is 0 Å². The van der Waals surface area contributed by atoms with Crippen molar-refractivity contribution < 1.29 is 14.3 Å². The van der Waals surface area contributed by atoms with Crippen molar-refractivity contribution in [1.29, 1.82) is 0 Å². The molecule has 0 aliphatic carbocycles. The van der Waals surface area contributed by atoms with E-state index in [9.17, 15) is 4.79 Å². The summed E-state index contributed by atoms with van der Waals surface area (Å²) < 4.78 is 10.6. The van der Waals surface area contributed by atoms with Gasteiger partial charge in [-0.3, -0.25) is 4.79 Å². The first kappa shape index (κ1) is 11.7. The second kappa shape index (κ2) is 4.62. The number of carbonyl (C=O) groups excluding carboxylic acids is 1. The maximum atomic E-state index is 11.6. The molecule has 3 nitrogen and oxygen atoms in total. The van der Waals surface area contributed by atoms with Gasteiger partial charge in [0.2, 0.25) is 6.79 Å². The minimum absolute atomic E-state index is 0.181. The van der Waals surface area contributed by atoms with Gasteiger partial charge in [-0.05, 0) is 42.7 Å². The van der Waals surface area contributed by atoms with Gasteiger partial charge in [-0.1, -0.05) is 13.0 Å². The summed E-state index contributed by atoms with van der Waals surface area (Å²) >= 11 is 0. The van der Waals surface area contributed by atoms with Gasteiger partial charge in [0, 0.05) is 6.42 Å². The molecule has 1 aliphatic heterocycles. The van der Waals surface area contributed by atoms with Gasteiger partial charge in [-0.25, -0.2) is 0 Å². The molecule has 2 rings (SSSR count). The zero-order chi connectivity index (χ0) is 12.4. The van der Waals surface area contributed by atoms with Crippen molar-refractivity contribution in [1.82, 2.24) is 0 Å². The van der Waals surface area contributed by atoms with Crippen LogP contribution in [0.3, 0.4) is 0 Å². The smallest absolute Gasteiger partial charge is 0.231 e. The predicted octanol–water partition coefficient (Wildman–Crippen LogP) is 3.19. The fraction of sp³-hybridized carbons (Fsp3) is 0.357. The normalized spacial score (nSPS) is 14.5. The topological polar surface area (TPSA) is 35.5 Å². The molecule has 0 atom stereocenters. The first-order valence-electron chi connectivity index (χ1n) is 5.74. The zero-order valence-corrected chi connectivity index (χ0v) is 10.4. The lowest BCUT2D eigenvalue weighted by molar-refractivity contribution is -0.115. The summed E-state index contributed by atoms with van der Waals surface area (Å²) in [6.07, 6.45) is 0.535. The van der Waals surface area contributed by atoms with E-state index in [1.54, 1.807) is 0 Å². The van der Waals surface area contributed by atoms with Crippen molar-refractivity contribution in [3.05, 3.63) is 29.3 Å². The van der Waals surface area contributed by atoms with E-state index in [0.29, 0.717) is 6.42 Å². The lowest BCUT2D eigenvalue weighted by Crippen LogP contribution is -1.99. The van der Waals surface area contributed by atoms with Crippen LogP contribution in [0.2, 0.25) is 0 Å². The third-order valence-corrected chi connectivity index (χ3v) is 3.11. The molecule has 1 aromatic carbocycles. The Morgan fingerprint density at radius 2 is 1.94 bits per heavy atom. The summed E-state index contributed by atoms with van der Waals surface area (Å²) in [5.41, 5.74) is 2.81. The molecular weight excluding hydrogens is 216 g/mol. The summed E-state index contributed by atoms with van der Waals surface area (Å²) in [7, 11) is 0. The predicted molar refractivity (Wildman–Crippen MR) is 66.1 cm³/mol. The highest BCUT2D eigenvalue weighted by molar-refractivity contribution is 6.01. The molecule has 0 fully saturated rings. The largest absolute Gasteiger partial charge is 0.454 e. The molecule has 1 heterocycles. The number of rotatable bonds is 3. The summed E-state index contributed by atoms with van der Waals surface area (Å²) in [5, 5.41) is 0. The monoisotopic (exact) mass is 232 g/mol. The van der Waals surface area contributed by atoms with Crippen LogP contribution in [0.1, 0.15) is 32.8 Å². The first-order chi connectivity index (χ1) is 8.13. The minimum atomic E-state index is 0.181. The van der Waals surface area contributed by atoms with Crippen LogP contribution in [-0.2, 0) is 4.79 Å². The number of carbonyl (C=O) groups is 1. The standard InChI is InChI=1S/C14H16O3/c1-4-12(15)10(3)9(2)11-5-6-13-14(7-11)17-8-16-13/h5-7H,4,8H2,1-3H3. The lowest BCUT2D eigenvalue weighted by atomic mass is 9.98. The Hall–Kier alpha value is -1.77. The second-order valence-corrected chi connectivity index (χ2v) is 4.09. The number of ether oxygens (including phenoxy) is 2. The Labute approximate surface area is 101 Å². The van der Waals surface area contributed by atoms with Gasteiger partial charge in [-0.15, -0.1) is 0 Å². The van der Waals surface area contributed by atoms with Crippen molar-refractivity contribution in [3.63, 3.8) is 0 Å². The van der Waals surface area contributed by atoms with Gasteiger partial charge in [0.15, 0.2) is 17.3 Å². The molecule has 90 valence electrons. The van der Waals surface area contributed by atoms with Crippen molar-refractivity contribution in [2.75, 3.05) is 6.79 Å². The molecule has 0 radical (unpaired) electrons. The fourth-order valence-electron chi connectivity index (χ4n) is 1.82. The van der Waals surface area contributed by atoms with E-state index in [0.717, 1.165) is 28.2 Å². The third-order valence-electron chi connectivity index (χ3n) is 3.11. The lowest BCUT2D eigenvalue weighted by Gasteiger charge is -2.07. The van der Waals surface area contributed by atoms with Crippen LogP contribution in [0.15, 0.2) is 23.8 Å². The van der Waals surface area contributed by atoms with Gasteiger partial charge in [-0.2, -0.15) is 0 Å². The molecule has 17 heavy (non-hydrogen) atoms. The average Bonchev–Trinajstić information content (AvgIpc) is 2.83. The van der Waals surface area contributed by atoms with E-state index in [1.165, 1.54) is 0 Å². The van der Waals surface area contributed by atoms with Gasteiger partial charge in [0.25, 0.3) is 0 Å². The quantitative estimate of drug-likeness (QED) is 0.751. The third kappa shape index (κ3) is 2.18. The first-order valence-corrected chi connectivity index (χ1v) is 5.74. The van der Waals surface area contributed by atoms with E-state index in [4.69, 9.17) is 9.47 Å². The van der Waals surface area contributed by atoms with Crippen LogP contribution >= 0.6 is 0 Å². The van der Waals surface area contributed by atoms with Crippen molar-refractivity contribution in [2.45, 2.75) is 27.2 Å². The maximum absolute atomic E-state index is 11.6. The highest BCUT2D eigenvalue weighted by Crippen LogP contribution is 2.35. The highest BCUT2D eigenvalue weighted by atomic mass is 16.7. The molecule has 0 N–H and O–H groups in total. The number of allylic oxidation sites excluding steroid dienone is 2. The number of Topliss-reactive ketones (excluding diaryl/α,β-unsaturated/α-hetero) is 1. The van der Waals surface area contributed by atoms with E-state index in [-0.39, 0.29) is 12.6 Å². The molecule has 0 unspecified atom stereocenters. The van der Waals surface area contributed by atoms with Gasteiger partial charge < -0.3 is 9.47 Å². The molecule has 3 heteroatoms. The van der Waals surface area contributed by atoms with Gasteiger partial charge in [0.05, 0.1) is 0 Å². The molecule has 0 saturated heterocycles. The summed E-state index contributed by atoms with van der Waals surface area (Å²) in [5.74, 6) is 1.69. The molecule has 1 aliphatic rings. The number of ketones is 1. The van der Waals surface area contributed by atoms with Crippen molar-refractivity contribution in [3.8, 4) is 11.5 Å². The molecule has 0 spiro atoms. The number of fused-ring (bicyclic) bond motifs is 1. The second-order valence-electron chi connectivity index (χ2n) is 4.09. The van der Waals surface area contributed by atoms with E-state index in [2.05, 4.69) is 0 Å². The Morgan fingerprint density at radius 3 is 2.65 bits per heavy atom. The molecule has 0 saturated carbocycles. The van der Waals surface area contributed by atoms with Crippen LogP contribution in [0.25, 0.3) is 5.57 Å². The Kier molecular flexibility index (Phi) is 3.18. The van der Waals surface area contributed by atoms with Crippen LogP contribution in [0, 0.1) is 0 Å². The SMILES string of the molecule is CCC(=O)C(C)=C(C)c1ccc2c(c1)OCO2. The zero-order valence-electron chi connectivity index (χ0n) is 10.4. The van der Waals surface area contributed by atoms with Gasteiger partial charge in [0.1, 0.15) is 0 Å². The summed E-state index contributed by atoms with van der Waals surface area (Å²) in [6, 6.07) is 5.75. The van der Waals surface area contributed by atoms with E-state index >= 15 is 0 Å². The van der Waals surface area contributed by atoms with Crippen LogP contribution < -0.4 is 9.47 Å². The van der Waals surface area contributed by atoms with Crippen LogP contribution in [0.4, 0.5) is 0 Å². The van der Waals surface area contributed by atoms with E-state index in [1.807, 2.05) is 39.0 Å². The molecule has 1 aromatic rings. The molecule has 0 aromatic heterocycles. The molecule has 0 amide bonds. The number of hydrogen-bond donors (Lipinski definition) is 0. The highest BCUT2D eigenvalue weighted by Gasteiger charge is 2.15. The van der Waals surface area contributed by atoms with Crippen molar-refractivity contribution in [2.24, 2.45) is 0 Å². The van der Waals surface area contributed by atoms with Crippen LogP contribution in [0.5, 0.6) is 11.5 Å². The Balaban J connectivity index is 2.37. The van der Waals surface area contributed by atoms with Crippen molar-refractivity contribution >= 4 is 11.4 Å².